The van der Waals surface area contributed by atoms with Gasteiger partial charge in [-0.2, -0.15) is 9.57 Å². The average molecular weight is 425 g/mol. The SMILES string of the molecule is N#Cc1ccc(C[C@H]2CN(S(=O)(=O)c3ccc(Cl)cn3)CC2(O)CN)cc1F. The van der Waals surface area contributed by atoms with Crippen LogP contribution in [0.2, 0.25) is 5.02 Å². The molecule has 28 heavy (non-hydrogen) atoms. The van der Waals surface area contributed by atoms with Crippen LogP contribution in [0.4, 0.5) is 4.39 Å². The van der Waals surface area contributed by atoms with E-state index >= 15 is 0 Å². The number of benzene rings is 1. The van der Waals surface area contributed by atoms with Crippen LogP contribution in [-0.4, -0.2) is 48.0 Å². The van der Waals surface area contributed by atoms with Crippen LogP contribution in [0.15, 0.2) is 41.6 Å². The molecule has 3 N–H and O–H groups in total. The number of aliphatic hydroxyl groups is 1. The molecule has 10 heteroatoms. The lowest BCUT2D eigenvalue weighted by molar-refractivity contribution is 0.0236. The zero-order valence-electron chi connectivity index (χ0n) is 14.7. The molecule has 1 aliphatic heterocycles. The summed E-state index contributed by atoms with van der Waals surface area (Å²) in [4.78, 5) is 3.85. The van der Waals surface area contributed by atoms with Gasteiger partial charge in [-0.3, -0.25) is 0 Å². The molecule has 3 rings (SSSR count). The summed E-state index contributed by atoms with van der Waals surface area (Å²) in [5, 5.41) is 19.9. The van der Waals surface area contributed by atoms with Gasteiger partial charge < -0.3 is 10.8 Å². The minimum atomic E-state index is -3.95. The highest BCUT2D eigenvalue weighted by molar-refractivity contribution is 7.89. The highest BCUT2D eigenvalue weighted by Crippen LogP contribution is 2.33. The summed E-state index contributed by atoms with van der Waals surface area (Å²) < 4.78 is 40.7. The van der Waals surface area contributed by atoms with Gasteiger partial charge in [-0.1, -0.05) is 17.7 Å². The first kappa shape index (κ1) is 20.6. The molecule has 0 amide bonds. The minimum Gasteiger partial charge on any atom is -0.387 e. The molecule has 0 spiro atoms. The average Bonchev–Trinajstić information content (AvgIpc) is 3.00. The molecular formula is C18H18ClFN4O3S. The van der Waals surface area contributed by atoms with Crippen LogP contribution in [0, 0.1) is 23.1 Å². The molecule has 2 heterocycles. The fourth-order valence-corrected chi connectivity index (χ4v) is 4.86. The van der Waals surface area contributed by atoms with Gasteiger partial charge >= 0.3 is 0 Å². The van der Waals surface area contributed by atoms with Gasteiger partial charge in [0.1, 0.15) is 11.9 Å². The second-order valence-corrected chi connectivity index (χ2v) is 9.07. The van der Waals surface area contributed by atoms with Crippen molar-refractivity contribution >= 4 is 21.6 Å². The third kappa shape index (κ3) is 3.87. The zero-order valence-corrected chi connectivity index (χ0v) is 16.3. The maximum Gasteiger partial charge on any atom is 0.260 e. The third-order valence-corrected chi connectivity index (χ3v) is 6.88. The van der Waals surface area contributed by atoms with Gasteiger partial charge in [-0.25, -0.2) is 17.8 Å². The summed E-state index contributed by atoms with van der Waals surface area (Å²) in [6, 6.07) is 8.61. The molecule has 2 aromatic rings. The zero-order chi connectivity index (χ0) is 20.5. The number of hydrogen-bond acceptors (Lipinski definition) is 6. The molecule has 148 valence electrons. The molecule has 1 aromatic heterocycles. The molecule has 0 bridgehead atoms. The highest BCUT2D eigenvalue weighted by Gasteiger charge is 2.48. The number of hydrogen-bond donors (Lipinski definition) is 2. The van der Waals surface area contributed by atoms with Crippen LogP contribution in [-0.2, 0) is 16.4 Å². The van der Waals surface area contributed by atoms with Crippen LogP contribution >= 0.6 is 11.6 Å². The molecule has 0 saturated carbocycles. The van der Waals surface area contributed by atoms with Crippen molar-refractivity contribution in [1.82, 2.24) is 9.29 Å². The Bertz CT molecular complexity index is 1030. The Morgan fingerprint density at radius 3 is 2.75 bits per heavy atom. The predicted molar refractivity (Wildman–Crippen MR) is 100 cm³/mol. The molecule has 1 aliphatic rings. The summed E-state index contributed by atoms with van der Waals surface area (Å²) >= 11 is 5.76. The molecule has 0 aliphatic carbocycles. The minimum absolute atomic E-state index is 0.00194. The van der Waals surface area contributed by atoms with Crippen LogP contribution in [0.25, 0.3) is 0 Å². The largest absolute Gasteiger partial charge is 0.387 e. The fraction of sp³-hybridized carbons (Fsp3) is 0.333. The van der Waals surface area contributed by atoms with Crippen molar-refractivity contribution in [3.8, 4) is 6.07 Å². The van der Waals surface area contributed by atoms with Crippen molar-refractivity contribution in [3.63, 3.8) is 0 Å². The van der Waals surface area contributed by atoms with Gasteiger partial charge in [0, 0.05) is 31.7 Å². The topological polar surface area (TPSA) is 120 Å². The summed E-state index contributed by atoms with van der Waals surface area (Å²) in [7, 11) is -3.95. The van der Waals surface area contributed by atoms with Gasteiger partial charge in [-0.15, -0.1) is 0 Å². The van der Waals surface area contributed by atoms with E-state index in [1.807, 2.05) is 0 Å². The third-order valence-electron chi connectivity index (χ3n) is 4.93. The quantitative estimate of drug-likeness (QED) is 0.746. The van der Waals surface area contributed by atoms with Crippen LogP contribution in [0.3, 0.4) is 0 Å². The van der Waals surface area contributed by atoms with Gasteiger partial charge in [0.25, 0.3) is 10.0 Å². The van der Waals surface area contributed by atoms with Crippen LogP contribution in [0.1, 0.15) is 11.1 Å². The Hall–Kier alpha value is -2.09. The predicted octanol–water partition coefficient (Wildman–Crippen LogP) is 1.30. The standard InChI is InChI=1S/C18H18ClFN4O3S/c19-15-3-4-17(23-8-15)28(26,27)24-9-14(18(25,10-22)11-24)5-12-1-2-13(7-21)16(20)6-12/h1-4,6,8,14,25H,5,9-11,22H2/t14-,18?/m0/s1. The lowest BCUT2D eigenvalue weighted by Crippen LogP contribution is -2.46. The number of β-amino-alcohol motifs (C(OH)–C–C–N with tert-alkyl or cyclic N) is 1. The van der Waals surface area contributed by atoms with Crippen molar-refractivity contribution in [2.45, 2.75) is 17.0 Å². The Morgan fingerprint density at radius 1 is 1.43 bits per heavy atom. The van der Waals surface area contributed by atoms with Gasteiger partial charge in [0.2, 0.25) is 0 Å². The highest BCUT2D eigenvalue weighted by atomic mass is 35.5. The van der Waals surface area contributed by atoms with E-state index in [1.165, 1.54) is 30.5 Å². The number of pyridine rings is 1. The first-order chi connectivity index (χ1) is 13.2. The molecule has 1 unspecified atom stereocenters. The number of nitrogens with zero attached hydrogens (tertiary/aromatic N) is 3. The van der Waals surface area contributed by atoms with E-state index in [-0.39, 0.29) is 36.6 Å². The van der Waals surface area contributed by atoms with Crippen molar-refractivity contribution in [2.24, 2.45) is 11.7 Å². The number of sulfonamides is 1. The van der Waals surface area contributed by atoms with E-state index in [0.29, 0.717) is 10.6 Å². The second kappa shape index (κ2) is 7.73. The smallest absolute Gasteiger partial charge is 0.260 e. The first-order valence-corrected chi connectivity index (χ1v) is 10.2. The summed E-state index contributed by atoms with van der Waals surface area (Å²) in [5.74, 6) is -1.21. The molecule has 1 fully saturated rings. The second-order valence-electron chi connectivity index (χ2n) is 6.75. The molecule has 1 aromatic carbocycles. The maximum atomic E-state index is 13.9. The van der Waals surface area contributed by atoms with E-state index in [0.717, 1.165) is 4.31 Å². The van der Waals surface area contributed by atoms with Crippen molar-refractivity contribution in [2.75, 3.05) is 19.6 Å². The van der Waals surface area contributed by atoms with E-state index in [2.05, 4.69) is 4.98 Å². The van der Waals surface area contributed by atoms with E-state index in [4.69, 9.17) is 22.6 Å². The Balaban J connectivity index is 1.86. The Morgan fingerprint density at radius 2 is 2.18 bits per heavy atom. The van der Waals surface area contributed by atoms with Crippen molar-refractivity contribution < 1.29 is 17.9 Å². The molecule has 7 nitrogen and oxygen atoms in total. The monoisotopic (exact) mass is 424 g/mol. The normalized spacial score (nSPS) is 22.9. The summed E-state index contributed by atoms with van der Waals surface area (Å²) in [6.07, 6.45) is 1.44. The Kier molecular flexibility index (Phi) is 5.70. The fourth-order valence-electron chi connectivity index (χ4n) is 3.29. The Labute approximate surface area is 167 Å². The van der Waals surface area contributed by atoms with E-state index in [9.17, 15) is 17.9 Å². The van der Waals surface area contributed by atoms with Crippen LogP contribution in [0.5, 0.6) is 0 Å². The van der Waals surface area contributed by atoms with Crippen LogP contribution < -0.4 is 5.73 Å². The number of halogens is 2. The number of rotatable bonds is 5. The van der Waals surface area contributed by atoms with E-state index in [1.54, 1.807) is 12.1 Å². The lowest BCUT2D eigenvalue weighted by Gasteiger charge is -2.27. The molecule has 0 radical (unpaired) electrons. The number of aromatic nitrogens is 1. The van der Waals surface area contributed by atoms with Crippen molar-refractivity contribution in [3.05, 3.63) is 58.5 Å². The van der Waals surface area contributed by atoms with E-state index < -0.39 is 27.4 Å². The van der Waals surface area contributed by atoms with Gasteiger partial charge in [-0.05, 0) is 36.2 Å². The summed E-state index contributed by atoms with van der Waals surface area (Å²) in [6.45, 7) is -0.349. The molecular weight excluding hydrogens is 407 g/mol. The maximum absolute atomic E-state index is 13.9. The first-order valence-electron chi connectivity index (χ1n) is 8.42. The lowest BCUT2D eigenvalue weighted by atomic mass is 9.85. The summed E-state index contributed by atoms with van der Waals surface area (Å²) in [5.41, 5.74) is 4.72. The van der Waals surface area contributed by atoms with Gasteiger partial charge in [0.05, 0.1) is 16.2 Å². The molecule has 2 atom stereocenters. The van der Waals surface area contributed by atoms with Crippen molar-refractivity contribution in [1.29, 1.82) is 5.26 Å². The number of nitrogens with two attached hydrogens (primary N) is 1. The molecule has 1 saturated heterocycles. The van der Waals surface area contributed by atoms with Gasteiger partial charge in [0.15, 0.2) is 5.03 Å². The number of nitriles is 1.